The lowest BCUT2D eigenvalue weighted by Crippen LogP contribution is -2.25. The number of esters is 1. The number of carbonyl (C=O) groups is 3. The van der Waals surface area contributed by atoms with Crippen LogP contribution in [-0.4, -0.2) is 38.4 Å². The lowest BCUT2D eigenvalue weighted by atomic mass is 9.95. The van der Waals surface area contributed by atoms with Crippen molar-refractivity contribution in [2.45, 2.75) is 76.8 Å². The number of nitrogens with one attached hydrogen (secondary N) is 3. The van der Waals surface area contributed by atoms with Crippen molar-refractivity contribution in [1.82, 2.24) is 5.32 Å². The summed E-state index contributed by atoms with van der Waals surface area (Å²) in [7, 11) is 3.27. The summed E-state index contributed by atoms with van der Waals surface area (Å²) >= 11 is 1.71. The number of thiophene rings is 1. The molecule has 1 saturated carbocycles. The molecule has 3 N–H and O–H groups in total. The van der Waals surface area contributed by atoms with Crippen molar-refractivity contribution in [1.29, 1.82) is 0 Å². The molecule has 2 aliphatic carbocycles. The third-order valence-electron chi connectivity index (χ3n) is 8.95. The Balaban J connectivity index is 0.000000241. The molecule has 2 aliphatic rings. The maximum absolute atomic E-state index is 13.0. The van der Waals surface area contributed by atoms with Gasteiger partial charge < -0.3 is 20.7 Å². The van der Waals surface area contributed by atoms with Gasteiger partial charge >= 0.3 is 5.97 Å². The molecule has 1 fully saturated rings. The van der Waals surface area contributed by atoms with Gasteiger partial charge in [-0.15, -0.1) is 11.3 Å². The van der Waals surface area contributed by atoms with Gasteiger partial charge in [0, 0.05) is 35.8 Å². The predicted molar refractivity (Wildman–Crippen MR) is 191 cm³/mol. The Kier molecular flexibility index (Phi) is 12.4. The Bertz CT molecular complexity index is 1640. The number of hydrogen-bond donors (Lipinski definition) is 3. The highest BCUT2D eigenvalue weighted by molar-refractivity contribution is 7.16. The fourth-order valence-corrected chi connectivity index (χ4v) is 7.55. The summed E-state index contributed by atoms with van der Waals surface area (Å²) in [6.07, 6.45) is 12.4. The predicted octanol–water partition coefficient (Wildman–Crippen LogP) is 8.02. The van der Waals surface area contributed by atoms with Crippen LogP contribution in [-0.2, 0) is 37.0 Å². The number of carbonyl (C=O) groups excluding carboxylic acids is 3. The number of aldehydes is 1. The van der Waals surface area contributed by atoms with Crippen LogP contribution in [0.1, 0.15) is 96.7 Å². The third-order valence-corrected chi connectivity index (χ3v) is 10.3. The van der Waals surface area contributed by atoms with Crippen LogP contribution >= 0.6 is 11.3 Å². The summed E-state index contributed by atoms with van der Waals surface area (Å²) in [5.41, 5.74) is 7.72. The zero-order valence-electron chi connectivity index (χ0n) is 27.4. The first-order chi connectivity index (χ1) is 23.0. The first kappa shape index (κ1) is 34.1. The number of aryl methyl sites for hydroxylation is 3. The van der Waals surface area contributed by atoms with Crippen LogP contribution < -0.4 is 16.0 Å². The molecule has 47 heavy (non-hydrogen) atoms. The highest BCUT2D eigenvalue weighted by Gasteiger charge is 2.25. The Labute approximate surface area is 282 Å². The maximum Gasteiger partial charge on any atom is 0.337 e. The van der Waals surface area contributed by atoms with Gasteiger partial charge in [-0.1, -0.05) is 55.3 Å². The Morgan fingerprint density at radius 1 is 0.872 bits per heavy atom. The molecule has 3 aromatic carbocycles. The second kappa shape index (κ2) is 17.0. The monoisotopic (exact) mass is 651 g/mol. The van der Waals surface area contributed by atoms with Crippen molar-refractivity contribution in [3.8, 4) is 0 Å². The number of benzene rings is 3. The molecule has 0 radical (unpaired) electrons. The second-order valence-corrected chi connectivity index (χ2v) is 13.3. The van der Waals surface area contributed by atoms with Crippen molar-refractivity contribution in [2.24, 2.45) is 0 Å². The van der Waals surface area contributed by atoms with Crippen molar-refractivity contribution in [3.05, 3.63) is 117 Å². The lowest BCUT2D eigenvalue weighted by molar-refractivity contribution is 0.0600. The molecule has 1 amide bonds. The topological polar surface area (TPSA) is 96.5 Å². The van der Waals surface area contributed by atoms with E-state index in [0.717, 1.165) is 72.3 Å². The molecular weight excluding hydrogens is 607 g/mol. The van der Waals surface area contributed by atoms with Crippen LogP contribution in [0.15, 0.2) is 72.8 Å². The van der Waals surface area contributed by atoms with Gasteiger partial charge in [0.2, 0.25) is 0 Å². The van der Waals surface area contributed by atoms with Gasteiger partial charge in [0.25, 0.3) is 5.91 Å². The van der Waals surface area contributed by atoms with E-state index in [1.807, 2.05) is 49.5 Å². The van der Waals surface area contributed by atoms with Crippen molar-refractivity contribution >= 4 is 40.2 Å². The van der Waals surface area contributed by atoms with Crippen molar-refractivity contribution in [3.63, 3.8) is 0 Å². The minimum absolute atomic E-state index is 0.0350. The fourth-order valence-electron chi connectivity index (χ4n) is 6.31. The number of fused-ring (bicyclic) bond motifs is 1. The van der Waals surface area contributed by atoms with E-state index >= 15 is 0 Å². The number of ether oxygens (including phenoxy) is 1. The number of methoxy groups -OCH3 is 1. The van der Waals surface area contributed by atoms with Crippen molar-refractivity contribution in [2.75, 3.05) is 24.8 Å². The lowest BCUT2D eigenvalue weighted by Gasteiger charge is -2.13. The van der Waals surface area contributed by atoms with Gasteiger partial charge in [0.05, 0.1) is 18.2 Å². The van der Waals surface area contributed by atoms with E-state index in [2.05, 4.69) is 34.1 Å². The van der Waals surface area contributed by atoms with E-state index in [4.69, 9.17) is 4.74 Å². The molecule has 1 heterocycles. The van der Waals surface area contributed by atoms with E-state index in [9.17, 15) is 14.4 Å². The van der Waals surface area contributed by atoms with Gasteiger partial charge in [-0.3, -0.25) is 9.59 Å². The summed E-state index contributed by atoms with van der Waals surface area (Å²) in [5, 5.41) is 10.8. The molecule has 0 unspecified atom stereocenters. The zero-order chi connectivity index (χ0) is 33.0. The summed E-state index contributed by atoms with van der Waals surface area (Å²) < 4.78 is 4.74. The molecule has 0 atom stereocenters. The Morgan fingerprint density at radius 2 is 1.55 bits per heavy atom. The molecule has 246 valence electrons. The van der Waals surface area contributed by atoms with E-state index in [0.29, 0.717) is 11.6 Å². The van der Waals surface area contributed by atoms with Gasteiger partial charge in [-0.05, 0) is 104 Å². The fraction of sp³-hybridized carbons (Fsp3) is 0.359. The molecule has 4 aromatic rings. The maximum atomic E-state index is 13.0. The minimum Gasteiger partial charge on any atom is -0.465 e. The van der Waals surface area contributed by atoms with Crippen molar-refractivity contribution < 1.29 is 19.1 Å². The summed E-state index contributed by atoms with van der Waals surface area (Å²) in [5.74, 6) is -0.355. The van der Waals surface area contributed by atoms with Crippen LogP contribution in [0.25, 0.3) is 0 Å². The van der Waals surface area contributed by atoms with E-state index < -0.39 is 0 Å². The number of amides is 1. The van der Waals surface area contributed by atoms with Gasteiger partial charge in [0.1, 0.15) is 11.3 Å². The van der Waals surface area contributed by atoms with Crippen LogP contribution in [0.5, 0.6) is 0 Å². The molecule has 6 rings (SSSR count). The van der Waals surface area contributed by atoms with Gasteiger partial charge in [-0.2, -0.15) is 0 Å². The largest absolute Gasteiger partial charge is 0.465 e. The van der Waals surface area contributed by atoms with E-state index in [1.165, 1.54) is 60.8 Å². The molecule has 1 aromatic heterocycles. The number of anilines is 2. The summed E-state index contributed by atoms with van der Waals surface area (Å²) in [4.78, 5) is 36.5. The summed E-state index contributed by atoms with van der Waals surface area (Å²) in [6.45, 7) is 0.881. The number of rotatable bonds is 11. The first-order valence-electron chi connectivity index (χ1n) is 16.6. The third kappa shape index (κ3) is 9.40. The molecule has 8 heteroatoms. The first-order valence-corrected chi connectivity index (χ1v) is 17.5. The molecule has 7 nitrogen and oxygen atoms in total. The van der Waals surface area contributed by atoms with Crippen LogP contribution in [0.3, 0.4) is 0 Å². The highest BCUT2D eigenvalue weighted by Crippen LogP contribution is 2.38. The normalized spacial score (nSPS) is 14.0. The quantitative estimate of drug-likeness (QED) is 0.112. The molecule has 0 aliphatic heterocycles. The van der Waals surface area contributed by atoms with Gasteiger partial charge in [-0.25, -0.2) is 4.79 Å². The summed E-state index contributed by atoms with van der Waals surface area (Å²) in [6, 6.07) is 24.0. The minimum atomic E-state index is -0.320. The SMILES string of the molecule is CNc1sc2c(c1C(=O)Nc1ccc(CCc3ccc(C(=O)OC)cc3)cc1)CCCC2.O=Cc1cccc(CNC2CCCC2)c1. The Morgan fingerprint density at radius 3 is 2.21 bits per heavy atom. The number of hydrogen-bond acceptors (Lipinski definition) is 7. The highest BCUT2D eigenvalue weighted by atomic mass is 32.1. The van der Waals surface area contributed by atoms with Crippen LogP contribution in [0.2, 0.25) is 0 Å². The molecule has 0 spiro atoms. The van der Waals surface area contributed by atoms with E-state index in [1.54, 1.807) is 23.5 Å². The van der Waals surface area contributed by atoms with Gasteiger partial charge in [0.15, 0.2) is 0 Å². The second-order valence-electron chi connectivity index (χ2n) is 12.2. The molecule has 0 bridgehead atoms. The molecule has 0 saturated heterocycles. The van der Waals surface area contributed by atoms with Crippen LogP contribution in [0, 0.1) is 0 Å². The molecular formula is C39H45N3O4S. The zero-order valence-corrected chi connectivity index (χ0v) is 28.2. The smallest absolute Gasteiger partial charge is 0.337 e. The Hall–Kier alpha value is -4.27. The standard InChI is InChI=1S/C26H28N2O3S.C13H17NO/c1-27-25-23(21-5-3-4-6-22(21)32-25)24(29)28-20-15-11-18(12-16-20)8-7-17-9-13-19(14-10-17)26(30)31-2;15-10-12-5-3-4-11(8-12)9-14-13-6-1-2-7-13/h9-16,27H,3-8H2,1-2H3,(H,28,29);3-5,8,10,13-14H,1-2,6-7,9H2. The average Bonchev–Trinajstić information content (AvgIpc) is 3.79. The van der Waals surface area contributed by atoms with Crippen LogP contribution in [0.4, 0.5) is 10.7 Å². The van der Waals surface area contributed by atoms with E-state index in [-0.39, 0.29) is 11.9 Å². The average molecular weight is 652 g/mol.